The molecule has 5 nitrogen and oxygen atoms in total. The Morgan fingerprint density at radius 2 is 1.49 bits per heavy atom. The van der Waals surface area contributed by atoms with E-state index in [1.165, 1.54) is 6.07 Å². The number of hydrogen-bond donors (Lipinski definition) is 1. The molecule has 0 unspecified atom stereocenters. The van der Waals surface area contributed by atoms with Crippen LogP contribution in [0.4, 0.5) is 5.69 Å². The van der Waals surface area contributed by atoms with Crippen molar-refractivity contribution < 1.29 is 14.4 Å². The van der Waals surface area contributed by atoms with Crippen LogP contribution in [0, 0.1) is 5.92 Å². The average Bonchev–Trinajstić information content (AvgIpc) is 3.45. The summed E-state index contributed by atoms with van der Waals surface area (Å²) in [5.74, 6) is -2.29. The first-order valence-electron chi connectivity index (χ1n) is 13.1. The van der Waals surface area contributed by atoms with Gasteiger partial charge < -0.3 is 10.2 Å². The van der Waals surface area contributed by atoms with Crippen molar-refractivity contribution in [1.29, 1.82) is 0 Å². The van der Waals surface area contributed by atoms with Crippen molar-refractivity contribution in [3.05, 3.63) is 140 Å². The van der Waals surface area contributed by atoms with E-state index in [9.17, 15) is 14.4 Å². The van der Waals surface area contributed by atoms with Crippen LogP contribution in [0.5, 0.6) is 0 Å². The predicted molar refractivity (Wildman–Crippen MR) is 161 cm³/mol. The van der Waals surface area contributed by atoms with Crippen molar-refractivity contribution in [3.63, 3.8) is 0 Å². The smallest absolute Gasteiger partial charge is 0.238 e. The standard InChI is InChI=1S/C33H21Cl3N2O3/c34-19-13-14-22(25(36)17-19)29(39)27-28(30(40)21-9-3-5-11-24(21)35)38-16-15-18-7-1-2-8-20(18)31(38)33(27)23-10-4-6-12-26(23)37-32(33)41/h1-17,27-28,31H,(H,37,41)/t27-,28+,31-,33-/m1/s1. The van der Waals surface area contributed by atoms with Crippen molar-refractivity contribution in [2.24, 2.45) is 5.92 Å². The second-order valence-electron chi connectivity index (χ2n) is 10.4. The summed E-state index contributed by atoms with van der Waals surface area (Å²) in [7, 11) is 0. The summed E-state index contributed by atoms with van der Waals surface area (Å²) in [6, 6.07) is 24.7. The molecule has 0 bridgehead atoms. The topological polar surface area (TPSA) is 66.5 Å². The third-order valence-corrected chi connectivity index (χ3v) is 9.33. The lowest BCUT2D eigenvalue weighted by atomic mass is 9.62. The molecule has 41 heavy (non-hydrogen) atoms. The second kappa shape index (κ2) is 9.59. The molecule has 4 aromatic carbocycles. The Kier molecular flexibility index (Phi) is 6.09. The number of ketones is 2. The van der Waals surface area contributed by atoms with Gasteiger partial charge in [0, 0.05) is 28.0 Å². The Labute approximate surface area is 251 Å². The van der Waals surface area contributed by atoms with Crippen LogP contribution >= 0.6 is 34.8 Å². The average molecular weight is 600 g/mol. The number of hydrogen-bond acceptors (Lipinski definition) is 4. The molecule has 1 amide bonds. The summed E-state index contributed by atoms with van der Waals surface area (Å²) >= 11 is 19.3. The lowest BCUT2D eigenvalue weighted by molar-refractivity contribution is -0.122. The number of Topliss-reactive ketones (excluding diaryl/α,β-unsaturated/α-hetero) is 2. The van der Waals surface area contributed by atoms with Gasteiger partial charge in [-0.2, -0.15) is 0 Å². The van der Waals surface area contributed by atoms with Gasteiger partial charge in [0.15, 0.2) is 11.6 Å². The van der Waals surface area contributed by atoms with Gasteiger partial charge in [-0.15, -0.1) is 0 Å². The maximum Gasteiger partial charge on any atom is 0.238 e. The molecular formula is C33H21Cl3N2O3. The van der Waals surface area contributed by atoms with Gasteiger partial charge in [0.1, 0.15) is 11.5 Å². The van der Waals surface area contributed by atoms with E-state index in [1.807, 2.05) is 65.7 Å². The summed E-state index contributed by atoms with van der Waals surface area (Å²) in [4.78, 5) is 45.8. The molecule has 1 N–H and O–H groups in total. The van der Waals surface area contributed by atoms with Crippen LogP contribution in [0.25, 0.3) is 6.08 Å². The van der Waals surface area contributed by atoms with Crippen molar-refractivity contribution in [2.45, 2.75) is 17.5 Å². The summed E-state index contributed by atoms with van der Waals surface area (Å²) in [6.45, 7) is 0. The van der Waals surface area contributed by atoms with E-state index in [2.05, 4.69) is 5.32 Å². The van der Waals surface area contributed by atoms with Gasteiger partial charge in [0.2, 0.25) is 5.91 Å². The monoisotopic (exact) mass is 598 g/mol. The fourth-order valence-electron chi connectivity index (χ4n) is 6.84. The minimum atomic E-state index is -1.46. The highest BCUT2D eigenvalue weighted by Crippen LogP contribution is 2.62. The van der Waals surface area contributed by atoms with E-state index in [-0.39, 0.29) is 32.9 Å². The zero-order valence-corrected chi connectivity index (χ0v) is 23.6. The highest BCUT2D eigenvalue weighted by Gasteiger charge is 2.70. The highest BCUT2D eigenvalue weighted by molar-refractivity contribution is 6.37. The van der Waals surface area contributed by atoms with Crippen LogP contribution in [0.3, 0.4) is 0 Å². The zero-order chi connectivity index (χ0) is 28.5. The minimum Gasteiger partial charge on any atom is -0.358 e. The normalized spacial score (nSPS) is 23.6. The first kappa shape index (κ1) is 26.0. The van der Waals surface area contributed by atoms with Crippen LogP contribution in [-0.4, -0.2) is 28.4 Å². The van der Waals surface area contributed by atoms with Crippen LogP contribution in [0.15, 0.2) is 97.2 Å². The summed E-state index contributed by atoms with van der Waals surface area (Å²) in [6.07, 6.45) is 3.73. The number of halogens is 3. The fraction of sp³-hybridized carbons (Fsp3) is 0.121. The second-order valence-corrected chi connectivity index (χ2v) is 11.7. The largest absolute Gasteiger partial charge is 0.358 e. The number of benzene rings is 4. The molecule has 0 aromatic heterocycles. The lowest BCUT2D eigenvalue weighted by Gasteiger charge is -2.38. The number of fused-ring (bicyclic) bond motifs is 6. The highest BCUT2D eigenvalue weighted by atomic mass is 35.5. The molecule has 0 aliphatic carbocycles. The summed E-state index contributed by atoms with van der Waals surface area (Å²) in [5, 5.41) is 3.82. The predicted octanol–water partition coefficient (Wildman–Crippen LogP) is 7.63. The minimum absolute atomic E-state index is 0.147. The number of rotatable bonds is 4. The number of amides is 1. The van der Waals surface area contributed by atoms with E-state index >= 15 is 0 Å². The molecule has 4 aromatic rings. The van der Waals surface area contributed by atoms with Gasteiger partial charge in [-0.1, -0.05) is 89.4 Å². The van der Waals surface area contributed by atoms with Gasteiger partial charge in [-0.3, -0.25) is 14.4 Å². The van der Waals surface area contributed by atoms with E-state index in [0.29, 0.717) is 16.3 Å². The molecule has 7 rings (SSSR count). The lowest BCUT2D eigenvalue weighted by Crippen LogP contribution is -2.49. The van der Waals surface area contributed by atoms with Crippen molar-refractivity contribution >= 4 is 64.0 Å². The molecule has 202 valence electrons. The first-order valence-corrected chi connectivity index (χ1v) is 14.2. The molecule has 3 aliphatic heterocycles. The van der Waals surface area contributed by atoms with Crippen molar-refractivity contribution in [3.8, 4) is 0 Å². The van der Waals surface area contributed by atoms with Crippen molar-refractivity contribution in [2.75, 3.05) is 5.32 Å². The molecule has 0 radical (unpaired) electrons. The van der Waals surface area contributed by atoms with Crippen LogP contribution in [-0.2, 0) is 10.2 Å². The molecule has 3 aliphatic rings. The quantitative estimate of drug-likeness (QED) is 0.245. The summed E-state index contributed by atoms with van der Waals surface area (Å²) < 4.78 is 0. The van der Waals surface area contributed by atoms with Gasteiger partial charge in [-0.05, 0) is 59.2 Å². The molecule has 4 atom stereocenters. The molecular weight excluding hydrogens is 579 g/mol. The Morgan fingerprint density at radius 1 is 0.780 bits per heavy atom. The fourth-order valence-corrected chi connectivity index (χ4v) is 7.58. The van der Waals surface area contributed by atoms with E-state index in [0.717, 1.165) is 11.1 Å². The van der Waals surface area contributed by atoms with E-state index < -0.39 is 29.2 Å². The number of nitrogens with zero attached hydrogens (tertiary/aromatic N) is 1. The van der Waals surface area contributed by atoms with E-state index in [4.69, 9.17) is 34.8 Å². The van der Waals surface area contributed by atoms with Gasteiger partial charge in [-0.25, -0.2) is 0 Å². The Bertz CT molecular complexity index is 1820. The molecule has 1 saturated heterocycles. The van der Waals surface area contributed by atoms with Crippen LogP contribution < -0.4 is 5.32 Å². The summed E-state index contributed by atoms with van der Waals surface area (Å²) in [5.41, 5.74) is 2.01. The van der Waals surface area contributed by atoms with Gasteiger partial charge >= 0.3 is 0 Å². The maximum absolute atomic E-state index is 14.8. The van der Waals surface area contributed by atoms with Crippen LogP contribution in [0.2, 0.25) is 15.1 Å². The molecule has 1 spiro atoms. The maximum atomic E-state index is 14.8. The van der Waals surface area contributed by atoms with Gasteiger partial charge in [0.05, 0.1) is 22.0 Å². The Balaban J connectivity index is 1.56. The number of nitrogens with one attached hydrogen (secondary N) is 1. The zero-order valence-electron chi connectivity index (χ0n) is 21.4. The van der Waals surface area contributed by atoms with Gasteiger partial charge in [0.25, 0.3) is 0 Å². The Hall–Kier alpha value is -3.90. The molecule has 3 heterocycles. The van der Waals surface area contributed by atoms with Crippen LogP contribution in [0.1, 0.15) is 43.4 Å². The third-order valence-electron chi connectivity index (χ3n) is 8.46. The Morgan fingerprint density at radius 3 is 2.29 bits per heavy atom. The van der Waals surface area contributed by atoms with Crippen molar-refractivity contribution in [1.82, 2.24) is 4.90 Å². The number of anilines is 1. The molecule has 8 heteroatoms. The number of carbonyl (C=O) groups is 3. The number of para-hydroxylation sites is 1. The molecule has 1 fully saturated rings. The first-order chi connectivity index (χ1) is 19.8. The number of carbonyl (C=O) groups excluding carboxylic acids is 3. The third kappa shape index (κ3) is 3.66. The van der Waals surface area contributed by atoms with E-state index in [1.54, 1.807) is 36.4 Å². The SMILES string of the molecule is O=C(c1ccccc1Cl)[C@@H]1[C@H](C(=O)c2ccc(Cl)cc2Cl)[C@@]2(C(=O)Nc3ccccc32)[C@H]2c3ccccc3C=CN12. The molecule has 0 saturated carbocycles.